The van der Waals surface area contributed by atoms with Crippen molar-refractivity contribution in [2.24, 2.45) is 0 Å². The Morgan fingerprint density at radius 2 is 2.00 bits per heavy atom. The van der Waals surface area contributed by atoms with Crippen molar-refractivity contribution in [3.63, 3.8) is 0 Å². The first kappa shape index (κ1) is 18.7. The van der Waals surface area contributed by atoms with Crippen LogP contribution in [0.15, 0.2) is 23.1 Å². The predicted molar refractivity (Wildman–Crippen MR) is 87.8 cm³/mol. The first-order valence-corrected chi connectivity index (χ1v) is 9.38. The lowest BCUT2D eigenvalue weighted by Gasteiger charge is -2.24. The molecule has 1 amide bonds. The van der Waals surface area contributed by atoms with Gasteiger partial charge in [-0.1, -0.05) is 19.3 Å². The van der Waals surface area contributed by atoms with Gasteiger partial charge in [0, 0.05) is 13.1 Å². The zero-order valence-corrected chi connectivity index (χ0v) is 14.7. The second kappa shape index (κ2) is 7.94. The fourth-order valence-corrected chi connectivity index (χ4v) is 4.12. The Bertz CT molecular complexity index is 687. The number of halogens is 1. The molecule has 8 heteroatoms. The van der Waals surface area contributed by atoms with Crippen molar-refractivity contribution in [1.82, 2.24) is 9.62 Å². The zero-order valence-electron chi connectivity index (χ0n) is 13.9. The van der Waals surface area contributed by atoms with Crippen molar-refractivity contribution in [1.29, 1.82) is 0 Å². The van der Waals surface area contributed by atoms with Gasteiger partial charge in [-0.25, -0.2) is 12.8 Å². The molecule has 2 rings (SSSR count). The summed E-state index contributed by atoms with van der Waals surface area (Å²) in [6.07, 6.45) is 5.14. The molecular weight excluding hydrogens is 335 g/mol. The van der Waals surface area contributed by atoms with Crippen molar-refractivity contribution in [3.05, 3.63) is 24.0 Å². The average molecular weight is 358 g/mol. The molecule has 1 N–H and O–H groups in total. The molecule has 1 aromatic carbocycles. The number of likely N-dealkylation sites (N-methyl/N-ethyl adjacent to an activating group) is 1. The van der Waals surface area contributed by atoms with E-state index in [4.69, 9.17) is 4.74 Å². The Labute approximate surface area is 142 Å². The summed E-state index contributed by atoms with van der Waals surface area (Å²) in [6.45, 7) is -0.321. The third kappa shape index (κ3) is 4.45. The van der Waals surface area contributed by atoms with Crippen molar-refractivity contribution >= 4 is 15.9 Å². The van der Waals surface area contributed by atoms with Crippen LogP contribution in [-0.4, -0.2) is 45.4 Å². The monoisotopic (exact) mass is 358 g/mol. The van der Waals surface area contributed by atoms with E-state index in [1.54, 1.807) is 0 Å². The van der Waals surface area contributed by atoms with E-state index in [0.29, 0.717) is 0 Å². The molecule has 0 unspecified atom stereocenters. The molecule has 1 aliphatic rings. The fraction of sp³-hybridized carbons (Fsp3) is 0.562. The number of carbonyl (C=O) groups excluding carboxylic acids is 1. The maximum absolute atomic E-state index is 13.4. The van der Waals surface area contributed by atoms with Gasteiger partial charge in [0.25, 0.3) is 0 Å². The van der Waals surface area contributed by atoms with E-state index in [1.165, 1.54) is 26.6 Å². The van der Waals surface area contributed by atoms with Crippen LogP contribution in [0, 0.1) is 5.82 Å². The Morgan fingerprint density at radius 3 is 2.62 bits per heavy atom. The quantitative estimate of drug-likeness (QED) is 0.843. The van der Waals surface area contributed by atoms with Crippen molar-refractivity contribution < 1.29 is 22.3 Å². The summed E-state index contributed by atoms with van der Waals surface area (Å²) >= 11 is 0. The summed E-state index contributed by atoms with van der Waals surface area (Å²) in [5.41, 5.74) is 0. The molecule has 24 heavy (non-hydrogen) atoms. The Kier molecular flexibility index (Phi) is 6.17. The van der Waals surface area contributed by atoms with Crippen LogP contribution in [0.2, 0.25) is 0 Å². The Balaban J connectivity index is 2.08. The number of ether oxygens (including phenoxy) is 1. The molecule has 0 bridgehead atoms. The molecule has 1 aliphatic carbocycles. The van der Waals surface area contributed by atoms with Crippen LogP contribution in [0.4, 0.5) is 4.39 Å². The molecule has 6 nitrogen and oxygen atoms in total. The van der Waals surface area contributed by atoms with E-state index in [9.17, 15) is 17.6 Å². The SMILES string of the molecule is COc1ccc(F)cc1S(=O)(=O)N(C)CC(=O)NC1CCCCC1. The number of benzene rings is 1. The lowest BCUT2D eigenvalue weighted by atomic mass is 9.95. The predicted octanol–water partition coefficient (Wildman–Crippen LogP) is 1.90. The summed E-state index contributed by atoms with van der Waals surface area (Å²) in [6, 6.07) is 3.36. The number of methoxy groups -OCH3 is 1. The number of sulfonamides is 1. The van der Waals surface area contributed by atoms with E-state index in [2.05, 4.69) is 5.32 Å². The molecule has 0 aromatic heterocycles. The molecule has 1 fully saturated rings. The van der Waals surface area contributed by atoms with Crippen molar-refractivity contribution in [2.75, 3.05) is 20.7 Å². The van der Waals surface area contributed by atoms with Crippen molar-refractivity contribution in [2.45, 2.75) is 43.0 Å². The van der Waals surface area contributed by atoms with Gasteiger partial charge in [-0.05, 0) is 31.0 Å². The van der Waals surface area contributed by atoms with E-state index < -0.39 is 15.8 Å². The lowest BCUT2D eigenvalue weighted by Crippen LogP contribution is -2.43. The lowest BCUT2D eigenvalue weighted by molar-refractivity contribution is -0.122. The Morgan fingerprint density at radius 1 is 1.33 bits per heavy atom. The van der Waals surface area contributed by atoms with E-state index in [1.807, 2.05) is 0 Å². The summed E-state index contributed by atoms with van der Waals surface area (Å²) < 4.78 is 44.5. The number of nitrogens with zero attached hydrogens (tertiary/aromatic N) is 1. The van der Waals surface area contributed by atoms with Crippen molar-refractivity contribution in [3.8, 4) is 5.75 Å². The van der Waals surface area contributed by atoms with Gasteiger partial charge >= 0.3 is 0 Å². The van der Waals surface area contributed by atoms with E-state index in [0.717, 1.165) is 42.1 Å². The topological polar surface area (TPSA) is 75.7 Å². The maximum Gasteiger partial charge on any atom is 0.247 e. The maximum atomic E-state index is 13.4. The third-order valence-electron chi connectivity index (χ3n) is 4.15. The van der Waals surface area contributed by atoms with Gasteiger partial charge in [0.1, 0.15) is 16.5 Å². The minimum absolute atomic E-state index is 0.0379. The molecule has 0 saturated heterocycles. The number of nitrogens with one attached hydrogen (secondary N) is 1. The molecule has 0 radical (unpaired) electrons. The molecule has 0 aliphatic heterocycles. The number of amides is 1. The fourth-order valence-electron chi connectivity index (χ4n) is 2.83. The van der Waals surface area contributed by atoms with E-state index in [-0.39, 0.29) is 29.1 Å². The number of carbonyl (C=O) groups is 1. The molecule has 1 saturated carbocycles. The third-order valence-corrected chi connectivity index (χ3v) is 5.98. The molecule has 0 spiro atoms. The largest absolute Gasteiger partial charge is 0.495 e. The molecule has 1 aromatic rings. The molecule has 0 atom stereocenters. The second-order valence-electron chi connectivity index (χ2n) is 5.96. The first-order valence-electron chi connectivity index (χ1n) is 7.94. The minimum atomic E-state index is -4.03. The highest BCUT2D eigenvalue weighted by Gasteiger charge is 2.27. The highest BCUT2D eigenvalue weighted by atomic mass is 32.2. The van der Waals surface area contributed by atoms with Crippen LogP contribution in [0.1, 0.15) is 32.1 Å². The van der Waals surface area contributed by atoms with Gasteiger partial charge in [0.15, 0.2) is 0 Å². The van der Waals surface area contributed by atoms with Gasteiger partial charge in [-0.2, -0.15) is 4.31 Å². The number of rotatable bonds is 6. The molecule has 134 valence electrons. The highest BCUT2D eigenvalue weighted by molar-refractivity contribution is 7.89. The number of hydrogen-bond acceptors (Lipinski definition) is 4. The van der Waals surface area contributed by atoms with E-state index >= 15 is 0 Å². The van der Waals surface area contributed by atoms with Gasteiger partial charge in [0.2, 0.25) is 15.9 Å². The van der Waals surface area contributed by atoms with Crippen LogP contribution in [0.5, 0.6) is 5.75 Å². The zero-order chi connectivity index (χ0) is 17.7. The normalized spacial score (nSPS) is 16.2. The van der Waals surface area contributed by atoms with Crippen LogP contribution in [0.3, 0.4) is 0 Å². The van der Waals surface area contributed by atoms with Gasteiger partial charge < -0.3 is 10.1 Å². The van der Waals surface area contributed by atoms with Crippen LogP contribution < -0.4 is 10.1 Å². The smallest absolute Gasteiger partial charge is 0.247 e. The minimum Gasteiger partial charge on any atom is -0.495 e. The summed E-state index contributed by atoms with van der Waals surface area (Å²) in [5, 5.41) is 2.86. The summed E-state index contributed by atoms with van der Waals surface area (Å²) in [5.74, 6) is -1.01. The summed E-state index contributed by atoms with van der Waals surface area (Å²) in [7, 11) is -1.43. The average Bonchev–Trinajstić information content (AvgIpc) is 2.55. The van der Waals surface area contributed by atoms with Crippen LogP contribution in [0.25, 0.3) is 0 Å². The molecular formula is C16H23FN2O4S. The van der Waals surface area contributed by atoms with Crippen LogP contribution in [-0.2, 0) is 14.8 Å². The Hall–Kier alpha value is -1.67. The highest BCUT2D eigenvalue weighted by Crippen LogP contribution is 2.26. The molecule has 0 heterocycles. The number of hydrogen-bond donors (Lipinski definition) is 1. The first-order chi connectivity index (χ1) is 11.3. The summed E-state index contributed by atoms with van der Waals surface area (Å²) in [4.78, 5) is 11.8. The standard InChI is InChI=1S/C16H23FN2O4S/c1-19(11-16(20)18-13-6-4-3-5-7-13)24(21,22)15-10-12(17)8-9-14(15)23-2/h8-10,13H,3-7,11H2,1-2H3,(H,18,20). The van der Waals surface area contributed by atoms with Crippen LogP contribution >= 0.6 is 0 Å². The van der Waals surface area contributed by atoms with Gasteiger partial charge in [0.05, 0.1) is 13.7 Å². The van der Waals surface area contributed by atoms with Gasteiger partial charge in [-0.3, -0.25) is 4.79 Å². The second-order valence-corrected chi connectivity index (χ2v) is 7.97. The van der Waals surface area contributed by atoms with Gasteiger partial charge in [-0.15, -0.1) is 0 Å².